The highest BCUT2D eigenvalue weighted by molar-refractivity contribution is 8.00. The summed E-state index contributed by atoms with van der Waals surface area (Å²) in [5.74, 6) is 0.296. The van der Waals surface area contributed by atoms with Crippen molar-refractivity contribution in [2.45, 2.75) is 36.3 Å². The van der Waals surface area contributed by atoms with E-state index in [0.717, 1.165) is 39.0 Å². The van der Waals surface area contributed by atoms with Crippen LogP contribution in [0.25, 0.3) is 0 Å². The van der Waals surface area contributed by atoms with E-state index in [-0.39, 0.29) is 5.25 Å². The van der Waals surface area contributed by atoms with Crippen molar-refractivity contribution in [3.63, 3.8) is 0 Å². The first kappa shape index (κ1) is 14.9. The maximum absolute atomic E-state index is 12.6. The third-order valence-electron chi connectivity index (χ3n) is 4.87. The van der Waals surface area contributed by atoms with Gasteiger partial charge in [0.15, 0.2) is 0 Å². The van der Waals surface area contributed by atoms with Crippen LogP contribution >= 0.6 is 11.8 Å². The molecule has 2 aliphatic heterocycles. The first-order valence-electron chi connectivity index (χ1n) is 7.90. The molecule has 1 amide bonds. The Labute approximate surface area is 131 Å². The summed E-state index contributed by atoms with van der Waals surface area (Å²) < 4.78 is 0. The number of rotatable bonds is 3. The quantitative estimate of drug-likeness (QED) is 0.872. The Hall–Kier alpha value is -1.00. The number of benzene rings is 1. The van der Waals surface area contributed by atoms with Crippen molar-refractivity contribution in [3.05, 3.63) is 30.3 Å². The zero-order chi connectivity index (χ0) is 14.7. The molecule has 3 nitrogen and oxygen atoms in total. The monoisotopic (exact) mass is 304 g/mol. The number of carbonyl (C=O) groups excluding carboxylic acids is 1. The van der Waals surface area contributed by atoms with Gasteiger partial charge in [0.05, 0.1) is 5.25 Å². The molecule has 0 aliphatic carbocycles. The summed E-state index contributed by atoms with van der Waals surface area (Å²) in [5.41, 5.74) is 0.479. The van der Waals surface area contributed by atoms with Gasteiger partial charge in [0.1, 0.15) is 0 Å². The van der Waals surface area contributed by atoms with Gasteiger partial charge >= 0.3 is 0 Å². The molecule has 0 saturated carbocycles. The van der Waals surface area contributed by atoms with E-state index in [1.165, 1.54) is 11.3 Å². The highest BCUT2D eigenvalue weighted by Gasteiger charge is 2.38. The topological polar surface area (TPSA) is 32.3 Å². The molecule has 2 saturated heterocycles. The van der Waals surface area contributed by atoms with Crippen molar-refractivity contribution in [1.82, 2.24) is 10.2 Å². The number of amides is 1. The van der Waals surface area contributed by atoms with Crippen LogP contribution in [0.5, 0.6) is 0 Å². The number of nitrogens with one attached hydrogen (secondary N) is 1. The van der Waals surface area contributed by atoms with Crippen LogP contribution in [0.3, 0.4) is 0 Å². The zero-order valence-corrected chi connectivity index (χ0v) is 13.5. The molecule has 0 bridgehead atoms. The number of hydrogen-bond acceptors (Lipinski definition) is 3. The van der Waals surface area contributed by atoms with Gasteiger partial charge in [0.2, 0.25) is 5.91 Å². The Morgan fingerprint density at radius 1 is 1.24 bits per heavy atom. The van der Waals surface area contributed by atoms with E-state index in [0.29, 0.717) is 11.3 Å². The Kier molecular flexibility index (Phi) is 4.55. The fourth-order valence-electron chi connectivity index (χ4n) is 3.43. The fourth-order valence-corrected chi connectivity index (χ4v) is 4.41. The zero-order valence-electron chi connectivity index (χ0n) is 12.7. The third-order valence-corrected chi connectivity index (χ3v) is 5.97. The van der Waals surface area contributed by atoms with Crippen molar-refractivity contribution in [2.75, 3.05) is 26.2 Å². The average molecular weight is 304 g/mol. The van der Waals surface area contributed by atoms with Crippen LogP contribution in [0.15, 0.2) is 35.2 Å². The second-order valence-corrected chi connectivity index (χ2v) is 7.74. The second-order valence-electron chi connectivity index (χ2n) is 6.33. The molecule has 21 heavy (non-hydrogen) atoms. The van der Waals surface area contributed by atoms with Crippen molar-refractivity contribution in [1.29, 1.82) is 0 Å². The van der Waals surface area contributed by atoms with Gasteiger partial charge in [-0.25, -0.2) is 0 Å². The molecule has 4 heteroatoms. The molecule has 3 rings (SSSR count). The van der Waals surface area contributed by atoms with Crippen LogP contribution in [-0.2, 0) is 4.79 Å². The van der Waals surface area contributed by atoms with Crippen molar-refractivity contribution < 1.29 is 4.79 Å². The van der Waals surface area contributed by atoms with E-state index in [1.807, 2.05) is 25.1 Å². The summed E-state index contributed by atoms with van der Waals surface area (Å²) in [7, 11) is 0. The lowest BCUT2D eigenvalue weighted by Crippen LogP contribution is -2.46. The van der Waals surface area contributed by atoms with Crippen LogP contribution in [0.1, 0.15) is 26.2 Å². The first-order chi connectivity index (χ1) is 10.2. The van der Waals surface area contributed by atoms with Crippen LogP contribution in [-0.4, -0.2) is 42.2 Å². The third kappa shape index (κ3) is 3.43. The largest absolute Gasteiger partial charge is 0.342 e. The Morgan fingerprint density at radius 3 is 2.57 bits per heavy atom. The molecule has 1 spiro atoms. The van der Waals surface area contributed by atoms with Crippen molar-refractivity contribution in [2.24, 2.45) is 5.41 Å². The predicted octanol–water partition coefficient (Wildman–Crippen LogP) is 2.77. The molecule has 1 aromatic rings. The van der Waals surface area contributed by atoms with Gasteiger partial charge in [-0.05, 0) is 50.3 Å². The smallest absolute Gasteiger partial charge is 0.235 e. The summed E-state index contributed by atoms with van der Waals surface area (Å²) in [5, 5.41) is 3.48. The number of nitrogens with zero attached hydrogens (tertiary/aromatic N) is 1. The maximum atomic E-state index is 12.6. The van der Waals surface area contributed by atoms with Crippen LogP contribution < -0.4 is 5.32 Å². The van der Waals surface area contributed by atoms with Crippen LogP contribution in [0, 0.1) is 5.41 Å². The van der Waals surface area contributed by atoms with Gasteiger partial charge in [-0.2, -0.15) is 0 Å². The summed E-state index contributed by atoms with van der Waals surface area (Å²) >= 11 is 1.67. The highest BCUT2D eigenvalue weighted by Crippen LogP contribution is 2.37. The van der Waals surface area contributed by atoms with Gasteiger partial charge in [0, 0.05) is 24.5 Å². The van der Waals surface area contributed by atoms with E-state index in [1.54, 1.807) is 11.8 Å². The number of thioether (sulfide) groups is 1. The Bertz CT molecular complexity index is 475. The van der Waals surface area contributed by atoms with Gasteiger partial charge in [0.25, 0.3) is 0 Å². The summed E-state index contributed by atoms with van der Waals surface area (Å²) in [6.07, 6.45) is 3.60. The summed E-state index contributed by atoms with van der Waals surface area (Å²) in [6.45, 7) is 6.18. The molecule has 2 fully saturated rings. The molecule has 2 aliphatic rings. The summed E-state index contributed by atoms with van der Waals surface area (Å²) in [6, 6.07) is 10.2. The van der Waals surface area contributed by atoms with E-state index in [4.69, 9.17) is 0 Å². The normalized spacial score (nSPS) is 22.4. The molecular weight excluding hydrogens is 280 g/mol. The molecule has 1 unspecified atom stereocenters. The lowest BCUT2D eigenvalue weighted by atomic mass is 9.78. The lowest BCUT2D eigenvalue weighted by Gasteiger charge is -2.39. The highest BCUT2D eigenvalue weighted by atomic mass is 32.2. The minimum Gasteiger partial charge on any atom is -0.342 e. The van der Waals surface area contributed by atoms with E-state index in [9.17, 15) is 4.79 Å². The van der Waals surface area contributed by atoms with Crippen molar-refractivity contribution in [3.8, 4) is 0 Å². The molecule has 114 valence electrons. The average Bonchev–Trinajstić information content (AvgIpc) is 2.96. The first-order valence-corrected chi connectivity index (χ1v) is 8.78. The van der Waals surface area contributed by atoms with Gasteiger partial charge in [-0.15, -0.1) is 11.8 Å². The standard InChI is InChI=1S/C17H24N2OS/c1-14(21-15-5-3-2-4-6-15)16(20)19-11-8-17(9-12-19)7-10-18-13-17/h2-6,14,18H,7-13H2,1H3. The SMILES string of the molecule is CC(Sc1ccccc1)C(=O)N1CCC2(CCNC2)CC1. The summed E-state index contributed by atoms with van der Waals surface area (Å²) in [4.78, 5) is 15.8. The molecule has 0 aromatic heterocycles. The Morgan fingerprint density at radius 2 is 1.95 bits per heavy atom. The van der Waals surface area contributed by atoms with Gasteiger partial charge < -0.3 is 10.2 Å². The second kappa shape index (κ2) is 6.41. The van der Waals surface area contributed by atoms with Gasteiger partial charge in [-0.1, -0.05) is 18.2 Å². The minimum atomic E-state index is 0.00292. The number of carbonyl (C=O) groups is 1. The van der Waals surface area contributed by atoms with Crippen LogP contribution in [0.2, 0.25) is 0 Å². The molecular formula is C17H24N2OS. The number of hydrogen-bond donors (Lipinski definition) is 1. The Balaban J connectivity index is 1.54. The molecule has 1 N–H and O–H groups in total. The molecule has 1 atom stereocenters. The fraction of sp³-hybridized carbons (Fsp3) is 0.588. The van der Waals surface area contributed by atoms with Crippen LogP contribution in [0.4, 0.5) is 0 Å². The number of likely N-dealkylation sites (tertiary alicyclic amines) is 1. The van der Waals surface area contributed by atoms with E-state index < -0.39 is 0 Å². The minimum absolute atomic E-state index is 0.00292. The molecule has 2 heterocycles. The predicted molar refractivity (Wildman–Crippen MR) is 87.5 cm³/mol. The number of piperidine rings is 1. The molecule has 0 radical (unpaired) electrons. The lowest BCUT2D eigenvalue weighted by molar-refractivity contribution is -0.132. The van der Waals surface area contributed by atoms with Gasteiger partial charge in [-0.3, -0.25) is 4.79 Å². The molecule has 1 aromatic carbocycles. The van der Waals surface area contributed by atoms with Crippen molar-refractivity contribution >= 4 is 17.7 Å². The van der Waals surface area contributed by atoms with E-state index in [2.05, 4.69) is 22.3 Å². The maximum Gasteiger partial charge on any atom is 0.235 e. The van der Waals surface area contributed by atoms with E-state index >= 15 is 0 Å².